The summed E-state index contributed by atoms with van der Waals surface area (Å²) in [6.07, 6.45) is 1.02. The fraction of sp³-hybridized carbons (Fsp3) is 0.333. The number of aryl methyl sites for hydroxylation is 1. The molecule has 0 saturated carbocycles. The van der Waals surface area contributed by atoms with E-state index in [-0.39, 0.29) is 18.4 Å². The first-order chi connectivity index (χ1) is 8.91. The monoisotopic (exact) mass is 266 g/mol. The Kier molecular flexibility index (Phi) is 4.99. The van der Waals surface area contributed by atoms with Crippen molar-refractivity contribution < 1.29 is 24.6 Å². The van der Waals surface area contributed by atoms with Crippen molar-refractivity contribution in [2.75, 3.05) is 0 Å². The van der Waals surface area contributed by atoms with E-state index in [4.69, 9.17) is 10.2 Å². The van der Waals surface area contributed by atoms with Gasteiger partial charge in [-0.3, -0.25) is 14.6 Å². The highest BCUT2D eigenvalue weighted by Crippen LogP contribution is 2.05. The first-order valence-corrected chi connectivity index (χ1v) is 5.59. The second-order valence-corrected chi connectivity index (χ2v) is 3.93. The van der Waals surface area contributed by atoms with Gasteiger partial charge in [0.1, 0.15) is 6.04 Å². The van der Waals surface area contributed by atoms with Crippen molar-refractivity contribution in [2.45, 2.75) is 25.8 Å². The Hall–Kier alpha value is -2.44. The predicted octanol–water partition coefficient (Wildman–Crippen LogP) is 0.438. The highest BCUT2D eigenvalue weighted by Gasteiger charge is 2.22. The molecular weight excluding hydrogens is 252 g/mol. The van der Waals surface area contributed by atoms with Gasteiger partial charge in [-0.25, -0.2) is 4.79 Å². The molecule has 0 aliphatic heterocycles. The number of aromatic nitrogens is 1. The number of rotatable bonds is 6. The van der Waals surface area contributed by atoms with Gasteiger partial charge in [0.25, 0.3) is 5.91 Å². The van der Waals surface area contributed by atoms with Crippen LogP contribution in [0.25, 0.3) is 0 Å². The van der Waals surface area contributed by atoms with E-state index in [1.165, 1.54) is 12.3 Å². The van der Waals surface area contributed by atoms with E-state index in [9.17, 15) is 14.4 Å². The number of carboxylic acid groups (broad SMARTS) is 2. The minimum atomic E-state index is -1.27. The molecule has 7 heteroatoms. The Balaban J connectivity index is 2.74. The molecule has 3 N–H and O–H groups in total. The maximum Gasteiger partial charge on any atom is 0.326 e. The molecule has 1 rings (SSSR count). The number of carboxylic acids is 2. The van der Waals surface area contributed by atoms with Crippen LogP contribution in [0.15, 0.2) is 18.3 Å². The van der Waals surface area contributed by atoms with Gasteiger partial charge in [0.05, 0.1) is 5.56 Å². The molecule has 1 amide bonds. The van der Waals surface area contributed by atoms with E-state index < -0.39 is 23.9 Å². The second-order valence-electron chi connectivity index (χ2n) is 3.93. The molecule has 0 fully saturated rings. The SMILES string of the molecule is Cc1ncccc1C(=O)NC(CCC(=O)O)C(=O)O. The number of hydrogen-bond acceptors (Lipinski definition) is 4. The van der Waals surface area contributed by atoms with Gasteiger partial charge < -0.3 is 15.5 Å². The fourth-order valence-electron chi connectivity index (χ4n) is 1.49. The minimum Gasteiger partial charge on any atom is -0.481 e. The number of amides is 1. The van der Waals surface area contributed by atoms with Gasteiger partial charge in [0.2, 0.25) is 0 Å². The topological polar surface area (TPSA) is 117 Å². The van der Waals surface area contributed by atoms with E-state index in [1.54, 1.807) is 13.0 Å². The molecule has 0 bridgehead atoms. The Labute approximate surface area is 109 Å². The number of nitrogens with one attached hydrogen (secondary N) is 1. The van der Waals surface area contributed by atoms with Gasteiger partial charge in [0.15, 0.2) is 0 Å². The standard InChI is InChI=1S/C12H14N2O5/c1-7-8(3-2-6-13-7)11(17)14-9(12(18)19)4-5-10(15)16/h2-3,6,9H,4-5H2,1H3,(H,14,17)(H,15,16)(H,18,19). The minimum absolute atomic E-state index is 0.171. The van der Waals surface area contributed by atoms with Gasteiger partial charge >= 0.3 is 11.9 Å². The molecule has 0 aromatic carbocycles. The lowest BCUT2D eigenvalue weighted by Crippen LogP contribution is -2.41. The first-order valence-electron chi connectivity index (χ1n) is 5.59. The summed E-state index contributed by atoms with van der Waals surface area (Å²) in [5.74, 6) is -2.96. The molecule has 19 heavy (non-hydrogen) atoms. The number of pyridine rings is 1. The van der Waals surface area contributed by atoms with Crippen molar-refractivity contribution in [3.05, 3.63) is 29.6 Å². The van der Waals surface area contributed by atoms with Crippen LogP contribution in [0.4, 0.5) is 0 Å². The van der Waals surface area contributed by atoms with Crippen molar-refractivity contribution in [1.82, 2.24) is 10.3 Å². The molecule has 0 saturated heterocycles. The van der Waals surface area contributed by atoms with Crippen molar-refractivity contribution in [3.8, 4) is 0 Å². The van der Waals surface area contributed by atoms with E-state index in [0.29, 0.717) is 5.69 Å². The van der Waals surface area contributed by atoms with Crippen molar-refractivity contribution in [2.24, 2.45) is 0 Å². The summed E-state index contributed by atoms with van der Waals surface area (Å²) in [5, 5.41) is 19.7. The molecule has 102 valence electrons. The Morgan fingerprint density at radius 3 is 2.58 bits per heavy atom. The van der Waals surface area contributed by atoms with E-state index in [2.05, 4.69) is 10.3 Å². The number of nitrogens with zero attached hydrogens (tertiary/aromatic N) is 1. The maximum atomic E-state index is 11.9. The molecule has 1 unspecified atom stereocenters. The number of hydrogen-bond donors (Lipinski definition) is 3. The third-order valence-electron chi connectivity index (χ3n) is 2.50. The lowest BCUT2D eigenvalue weighted by Gasteiger charge is -2.14. The summed E-state index contributed by atoms with van der Waals surface area (Å²) in [6.45, 7) is 1.63. The molecule has 1 heterocycles. The van der Waals surface area contributed by atoms with Crippen molar-refractivity contribution in [1.29, 1.82) is 0 Å². The lowest BCUT2D eigenvalue weighted by molar-refractivity contribution is -0.140. The first kappa shape index (κ1) is 14.6. The Bertz CT molecular complexity index is 501. The fourth-order valence-corrected chi connectivity index (χ4v) is 1.49. The lowest BCUT2D eigenvalue weighted by atomic mass is 10.1. The molecule has 1 atom stereocenters. The zero-order valence-corrected chi connectivity index (χ0v) is 10.3. The Morgan fingerprint density at radius 1 is 1.37 bits per heavy atom. The summed E-state index contributed by atoms with van der Waals surface area (Å²) in [6, 6.07) is 1.85. The summed E-state index contributed by atoms with van der Waals surface area (Å²) in [5.41, 5.74) is 0.742. The van der Waals surface area contributed by atoms with Crippen LogP contribution in [0.2, 0.25) is 0 Å². The molecule has 0 aliphatic carbocycles. The average molecular weight is 266 g/mol. The van der Waals surface area contributed by atoms with Crippen LogP contribution >= 0.6 is 0 Å². The molecule has 1 aromatic rings. The maximum absolute atomic E-state index is 11.9. The van der Waals surface area contributed by atoms with Crippen LogP contribution < -0.4 is 5.32 Å². The van der Waals surface area contributed by atoms with Crippen LogP contribution in [0.1, 0.15) is 28.9 Å². The highest BCUT2D eigenvalue weighted by atomic mass is 16.4. The zero-order chi connectivity index (χ0) is 14.4. The highest BCUT2D eigenvalue weighted by molar-refractivity contribution is 5.97. The van der Waals surface area contributed by atoms with Crippen LogP contribution in [0.3, 0.4) is 0 Å². The molecule has 7 nitrogen and oxygen atoms in total. The number of carbonyl (C=O) groups is 3. The van der Waals surface area contributed by atoms with Gasteiger partial charge in [-0.1, -0.05) is 0 Å². The number of carbonyl (C=O) groups excluding carboxylic acids is 1. The van der Waals surface area contributed by atoms with Crippen LogP contribution in [0.5, 0.6) is 0 Å². The third kappa shape index (κ3) is 4.38. The summed E-state index contributed by atoms with van der Waals surface area (Å²) in [4.78, 5) is 37.1. The average Bonchev–Trinajstić information content (AvgIpc) is 2.34. The number of aliphatic carboxylic acids is 2. The molecular formula is C12H14N2O5. The largest absolute Gasteiger partial charge is 0.481 e. The smallest absolute Gasteiger partial charge is 0.326 e. The molecule has 0 spiro atoms. The third-order valence-corrected chi connectivity index (χ3v) is 2.50. The molecule has 0 aliphatic rings. The van der Waals surface area contributed by atoms with Gasteiger partial charge in [-0.05, 0) is 25.5 Å². The molecule has 0 radical (unpaired) electrons. The van der Waals surface area contributed by atoms with Crippen LogP contribution in [-0.2, 0) is 9.59 Å². The second kappa shape index (κ2) is 6.48. The van der Waals surface area contributed by atoms with E-state index in [0.717, 1.165) is 0 Å². The van der Waals surface area contributed by atoms with Crippen molar-refractivity contribution >= 4 is 17.8 Å². The predicted molar refractivity (Wildman–Crippen MR) is 64.7 cm³/mol. The summed E-state index contributed by atoms with van der Waals surface area (Å²) < 4.78 is 0. The van der Waals surface area contributed by atoms with Gasteiger partial charge in [0, 0.05) is 18.3 Å². The van der Waals surface area contributed by atoms with Crippen LogP contribution in [-0.4, -0.2) is 39.1 Å². The quantitative estimate of drug-likeness (QED) is 0.687. The Morgan fingerprint density at radius 2 is 2.05 bits per heavy atom. The van der Waals surface area contributed by atoms with Gasteiger partial charge in [-0.15, -0.1) is 0 Å². The summed E-state index contributed by atoms with van der Waals surface area (Å²) >= 11 is 0. The molecule has 1 aromatic heterocycles. The van der Waals surface area contributed by atoms with Crippen molar-refractivity contribution in [3.63, 3.8) is 0 Å². The van der Waals surface area contributed by atoms with Gasteiger partial charge in [-0.2, -0.15) is 0 Å². The van der Waals surface area contributed by atoms with E-state index >= 15 is 0 Å². The summed E-state index contributed by atoms with van der Waals surface area (Å²) in [7, 11) is 0. The van der Waals surface area contributed by atoms with E-state index in [1.807, 2.05) is 0 Å². The zero-order valence-electron chi connectivity index (χ0n) is 10.3. The normalized spacial score (nSPS) is 11.6. The van der Waals surface area contributed by atoms with Crippen LogP contribution in [0, 0.1) is 6.92 Å².